The minimum atomic E-state index is -0.0799. The molecule has 0 amide bonds. The van der Waals surface area contributed by atoms with Crippen LogP contribution in [0.5, 0.6) is 0 Å². The largest absolute Gasteiger partial charge is 0.368 e. The van der Waals surface area contributed by atoms with E-state index in [2.05, 4.69) is 21.5 Å². The fourth-order valence-corrected chi connectivity index (χ4v) is 4.87. The molecule has 0 aliphatic heterocycles. The van der Waals surface area contributed by atoms with E-state index in [0.29, 0.717) is 39.4 Å². The van der Waals surface area contributed by atoms with Crippen molar-refractivity contribution in [3.8, 4) is 10.4 Å². The lowest BCUT2D eigenvalue weighted by atomic mass is 10.2. The van der Waals surface area contributed by atoms with Gasteiger partial charge in [0.1, 0.15) is 10.5 Å². The van der Waals surface area contributed by atoms with Crippen LogP contribution in [-0.4, -0.2) is 38.6 Å². The minimum absolute atomic E-state index is 0.0799. The van der Waals surface area contributed by atoms with Crippen molar-refractivity contribution in [2.75, 3.05) is 24.7 Å². The van der Waals surface area contributed by atoms with Crippen LogP contribution in [-0.2, 0) is 12.3 Å². The monoisotopic (exact) mass is 451 g/mol. The van der Waals surface area contributed by atoms with Crippen LogP contribution in [0, 0.1) is 0 Å². The second-order valence-corrected chi connectivity index (χ2v) is 8.88. The van der Waals surface area contributed by atoms with E-state index in [-0.39, 0.29) is 11.5 Å². The smallest absolute Gasteiger partial charge is 0.272 e. The Morgan fingerprint density at radius 3 is 2.68 bits per heavy atom. The third kappa shape index (κ3) is 4.44. The van der Waals surface area contributed by atoms with Gasteiger partial charge >= 0.3 is 0 Å². The summed E-state index contributed by atoms with van der Waals surface area (Å²) in [6, 6.07) is 11.9. The van der Waals surface area contributed by atoms with E-state index < -0.39 is 0 Å². The molecule has 2 N–H and O–H groups in total. The molecule has 0 spiro atoms. The molecule has 0 fully saturated rings. The van der Waals surface area contributed by atoms with Gasteiger partial charge in [-0.3, -0.25) is 9.36 Å². The van der Waals surface area contributed by atoms with Crippen molar-refractivity contribution < 1.29 is 0 Å². The molecule has 0 radical (unpaired) electrons. The number of nitrogen functional groups attached to an aromatic ring is 1. The number of nitrogens with zero attached hydrogens (tertiary/aromatic N) is 6. The second-order valence-electron chi connectivity index (χ2n) is 6.88. The maximum Gasteiger partial charge on any atom is 0.272 e. The van der Waals surface area contributed by atoms with Crippen molar-refractivity contribution in [3.05, 3.63) is 65.2 Å². The van der Waals surface area contributed by atoms with Gasteiger partial charge in [0.15, 0.2) is 5.16 Å². The van der Waals surface area contributed by atoms with Crippen LogP contribution < -0.4 is 16.2 Å². The molecule has 31 heavy (non-hydrogen) atoms. The van der Waals surface area contributed by atoms with Crippen LogP contribution in [0.25, 0.3) is 20.7 Å². The Morgan fingerprint density at radius 2 is 1.97 bits per heavy atom. The first-order valence-corrected chi connectivity index (χ1v) is 11.3. The first kappa shape index (κ1) is 21.0. The lowest BCUT2D eigenvalue weighted by Gasteiger charge is -2.12. The number of hydrogen-bond donors (Lipinski definition) is 1. The Hall–Kier alpha value is -3.24. The van der Waals surface area contributed by atoms with E-state index in [0.717, 1.165) is 10.4 Å². The number of fused-ring (bicyclic) bond motifs is 1. The van der Waals surface area contributed by atoms with E-state index in [9.17, 15) is 4.79 Å². The first-order valence-electron chi connectivity index (χ1n) is 9.47. The van der Waals surface area contributed by atoms with Crippen molar-refractivity contribution in [2.45, 2.75) is 17.5 Å². The van der Waals surface area contributed by atoms with Crippen LogP contribution in [0.1, 0.15) is 5.82 Å². The Kier molecular flexibility index (Phi) is 6.01. The lowest BCUT2D eigenvalue weighted by Crippen LogP contribution is -2.22. The SMILES string of the molecule is C=CCn1c(SCc2nc(N)nc(N(C)C)n2)nc2cc(-c3ccccc3)sc2c1=O. The number of benzene rings is 1. The molecule has 10 heteroatoms. The van der Waals surface area contributed by atoms with Crippen molar-refractivity contribution in [1.82, 2.24) is 24.5 Å². The summed E-state index contributed by atoms with van der Waals surface area (Å²) in [6.45, 7) is 4.15. The molecule has 8 nitrogen and oxygen atoms in total. The van der Waals surface area contributed by atoms with Gasteiger partial charge < -0.3 is 10.6 Å². The topological polar surface area (TPSA) is 103 Å². The summed E-state index contributed by atoms with van der Waals surface area (Å²) in [4.78, 5) is 33.5. The highest BCUT2D eigenvalue weighted by molar-refractivity contribution is 7.98. The Labute approximate surface area is 187 Å². The average molecular weight is 452 g/mol. The second kappa shape index (κ2) is 8.86. The number of allylic oxidation sites excluding steroid dienone is 1. The molecule has 1 aromatic carbocycles. The van der Waals surface area contributed by atoms with Crippen molar-refractivity contribution in [1.29, 1.82) is 0 Å². The van der Waals surface area contributed by atoms with Gasteiger partial charge in [0, 0.05) is 25.5 Å². The summed E-state index contributed by atoms with van der Waals surface area (Å²) >= 11 is 2.84. The molecule has 0 aliphatic rings. The van der Waals surface area contributed by atoms with Gasteiger partial charge in [-0.15, -0.1) is 17.9 Å². The Morgan fingerprint density at radius 1 is 1.19 bits per heavy atom. The summed E-state index contributed by atoms with van der Waals surface area (Å²) in [7, 11) is 3.67. The zero-order valence-corrected chi connectivity index (χ0v) is 18.8. The number of hydrogen-bond acceptors (Lipinski definition) is 9. The molecule has 4 rings (SSSR count). The molecule has 4 aromatic rings. The van der Waals surface area contributed by atoms with Gasteiger partial charge in [-0.1, -0.05) is 48.2 Å². The van der Waals surface area contributed by atoms with E-state index >= 15 is 0 Å². The van der Waals surface area contributed by atoms with Gasteiger partial charge in [-0.2, -0.15) is 15.0 Å². The Balaban J connectivity index is 1.72. The zero-order chi connectivity index (χ0) is 22.0. The van der Waals surface area contributed by atoms with Crippen LogP contribution >= 0.6 is 23.1 Å². The highest BCUT2D eigenvalue weighted by atomic mass is 32.2. The molecule has 158 valence electrons. The summed E-state index contributed by atoms with van der Waals surface area (Å²) in [6.07, 6.45) is 1.69. The highest BCUT2D eigenvalue weighted by Gasteiger charge is 2.16. The van der Waals surface area contributed by atoms with Crippen molar-refractivity contribution in [3.63, 3.8) is 0 Å². The molecule has 0 unspecified atom stereocenters. The van der Waals surface area contributed by atoms with Gasteiger partial charge in [0.25, 0.3) is 5.56 Å². The number of thioether (sulfide) groups is 1. The number of rotatable bonds is 7. The predicted octanol–water partition coefficient (Wildman–Crippen LogP) is 3.44. The molecule has 0 saturated carbocycles. The minimum Gasteiger partial charge on any atom is -0.368 e. The van der Waals surface area contributed by atoms with Crippen LogP contribution in [0.3, 0.4) is 0 Å². The van der Waals surface area contributed by atoms with Gasteiger partial charge in [0.05, 0.1) is 11.3 Å². The van der Waals surface area contributed by atoms with E-state index in [1.54, 1.807) is 15.5 Å². The normalized spacial score (nSPS) is 11.0. The molecular weight excluding hydrogens is 430 g/mol. The number of aromatic nitrogens is 5. The van der Waals surface area contributed by atoms with E-state index in [1.165, 1.54) is 23.1 Å². The molecule has 0 atom stereocenters. The quantitative estimate of drug-likeness (QED) is 0.259. The number of nitrogens with two attached hydrogens (primary N) is 1. The first-order chi connectivity index (χ1) is 15.0. The summed E-state index contributed by atoms with van der Waals surface area (Å²) < 4.78 is 2.26. The van der Waals surface area contributed by atoms with Gasteiger partial charge in [-0.25, -0.2) is 4.98 Å². The van der Waals surface area contributed by atoms with E-state index in [1.807, 2.05) is 50.5 Å². The fourth-order valence-electron chi connectivity index (χ4n) is 2.95. The molecule has 3 aromatic heterocycles. The number of thiophene rings is 1. The van der Waals surface area contributed by atoms with Crippen molar-refractivity contribution in [2.24, 2.45) is 0 Å². The predicted molar refractivity (Wildman–Crippen MR) is 128 cm³/mol. The lowest BCUT2D eigenvalue weighted by molar-refractivity contribution is 0.672. The van der Waals surface area contributed by atoms with Crippen LogP contribution in [0.2, 0.25) is 0 Å². The summed E-state index contributed by atoms with van der Waals surface area (Å²) in [5.41, 5.74) is 7.48. The standard InChI is InChI=1S/C21H21N7OS2/c1-4-10-28-18(29)17-14(11-15(31-17)13-8-6-5-7-9-13)23-21(28)30-12-16-24-19(22)26-20(25-16)27(2)3/h4-9,11H,1,10,12H2,2-3H3,(H2,22,24,25,26). The molecule has 0 bridgehead atoms. The van der Waals surface area contributed by atoms with Crippen LogP contribution in [0.15, 0.2) is 59.0 Å². The summed E-state index contributed by atoms with van der Waals surface area (Å²) in [5.74, 6) is 1.57. The van der Waals surface area contributed by atoms with Crippen molar-refractivity contribution >= 4 is 45.2 Å². The molecular formula is C21H21N7OS2. The fraction of sp³-hybridized carbons (Fsp3) is 0.190. The third-order valence-electron chi connectivity index (χ3n) is 4.39. The zero-order valence-electron chi connectivity index (χ0n) is 17.1. The Bertz CT molecular complexity index is 1300. The molecule has 3 heterocycles. The molecule has 0 aliphatic carbocycles. The maximum absolute atomic E-state index is 13.2. The average Bonchev–Trinajstić information content (AvgIpc) is 3.19. The maximum atomic E-state index is 13.2. The number of anilines is 2. The highest BCUT2D eigenvalue weighted by Crippen LogP contribution is 2.32. The summed E-state index contributed by atoms with van der Waals surface area (Å²) in [5, 5.41) is 0.584. The van der Waals surface area contributed by atoms with Gasteiger partial charge in [0.2, 0.25) is 11.9 Å². The molecule has 0 saturated heterocycles. The third-order valence-corrected chi connectivity index (χ3v) is 6.52. The van der Waals surface area contributed by atoms with Crippen LogP contribution in [0.4, 0.5) is 11.9 Å². The van der Waals surface area contributed by atoms with E-state index in [4.69, 9.17) is 10.7 Å². The van der Waals surface area contributed by atoms with Gasteiger partial charge in [-0.05, 0) is 11.6 Å².